The number of hydrogen-bond donors (Lipinski definition) is 0. The van der Waals surface area contributed by atoms with Crippen LogP contribution in [-0.2, 0) is 4.74 Å². The molecule has 124 valence electrons. The van der Waals surface area contributed by atoms with Gasteiger partial charge in [-0.15, -0.1) is 0 Å². The van der Waals surface area contributed by atoms with Crippen molar-refractivity contribution in [3.8, 4) is 6.07 Å². The van der Waals surface area contributed by atoms with Gasteiger partial charge in [-0.2, -0.15) is 18.4 Å². The van der Waals surface area contributed by atoms with Crippen molar-refractivity contribution in [2.24, 2.45) is 0 Å². The Kier molecular flexibility index (Phi) is 6.13. The highest BCUT2D eigenvalue weighted by Gasteiger charge is 2.30. The summed E-state index contributed by atoms with van der Waals surface area (Å²) in [6.07, 6.45) is -4.48. The van der Waals surface area contributed by atoms with E-state index in [4.69, 9.17) is 16.3 Å². The van der Waals surface area contributed by atoms with Gasteiger partial charge >= 0.3 is 6.18 Å². The van der Waals surface area contributed by atoms with E-state index in [1.54, 1.807) is 42.5 Å². The van der Waals surface area contributed by atoms with Crippen molar-refractivity contribution in [2.45, 2.75) is 6.18 Å². The van der Waals surface area contributed by atoms with Gasteiger partial charge in [-0.25, -0.2) is 0 Å². The summed E-state index contributed by atoms with van der Waals surface area (Å²) in [5, 5.41) is 9.58. The number of alkyl halides is 3. The summed E-state index contributed by atoms with van der Waals surface area (Å²) < 4.78 is 43.2. The fourth-order valence-corrected chi connectivity index (χ4v) is 3.08. The van der Waals surface area contributed by atoms with Gasteiger partial charge in [0.25, 0.3) is 0 Å². The molecule has 0 amide bonds. The molecule has 0 spiro atoms. The van der Waals surface area contributed by atoms with Crippen LogP contribution < -0.4 is 0 Å². The first-order chi connectivity index (χ1) is 11.3. The van der Waals surface area contributed by atoms with Gasteiger partial charge < -0.3 is 4.74 Å². The van der Waals surface area contributed by atoms with Crippen molar-refractivity contribution in [3.63, 3.8) is 0 Å². The average Bonchev–Trinajstić information content (AvgIpc) is 2.54. The van der Waals surface area contributed by atoms with Gasteiger partial charge in [-0.05, 0) is 40.8 Å². The highest BCUT2D eigenvalue weighted by Crippen LogP contribution is 2.36. The van der Waals surface area contributed by atoms with Crippen LogP contribution in [0.3, 0.4) is 0 Å². The minimum atomic E-state index is -4.48. The van der Waals surface area contributed by atoms with Crippen molar-refractivity contribution in [2.75, 3.05) is 6.61 Å². The Labute approximate surface area is 155 Å². The molecule has 2 nitrogen and oxygen atoms in total. The average molecular weight is 464 g/mol. The molecule has 2 aromatic carbocycles. The summed E-state index contributed by atoms with van der Waals surface area (Å²) in [7, 11) is 0. The first-order valence-electron chi connectivity index (χ1n) is 6.66. The number of nitriles is 1. The summed E-state index contributed by atoms with van der Waals surface area (Å²) in [6, 6.07) is 15.0. The molecule has 0 saturated carbocycles. The van der Waals surface area contributed by atoms with Crippen molar-refractivity contribution in [3.05, 3.63) is 70.2 Å². The van der Waals surface area contributed by atoms with Crippen molar-refractivity contribution >= 4 is 43.5 Å². The topological polar surface area (TPSA) is 33.0 Å². The van der Waals surface area contributed by atoms with Crippen LogP contribution in [0, 0.1) is 11.3 Å². The molecule has 0 unspecified atom stereocenters. The zero-order valence-corrected chi connectivity index (χ0v) is 15.0. The highest BCUT2D eigenvalue weighted by molar-refractivity contribution is 14.1. The van der Waals surface area contributed by atoms with Crippen molar-refractivity contribution in [1.82, 2.24) is 0 Å². The molecule has 0 atom stereocenters. The molecule has 2 rings (SSSR count). The van der Waals surface area contributed by atoms with Crippen LogP contribution in [0.25, 0.3) is 9.34 Å². The molecule has 0 bridgehead atoms. The third kappa shape index (κ3) is 4.89. The van der Waals surface area contributed by atoms with E-state index in [9.17, 15) is 18.4 Å². The maximum absolute atomic E-state index is 12.6. The monoisotopic (exact) mass is 463 g/mol. The first kappa shape index (κ1) is 18.6. The summed E-state index contributed by atoms with van der Waals surface area (Å²) in [6.45, 7) is -1.43. The zero-order valence-electron chi connectivity index (χ0n) is 12.1. The highest BCUT2D eigenvalue weighted by atomic mass is 127. The largest absolute Gasteiger partial charge is 0.482 e. The molecule has 0 radical (unpaired) electrons. The number of hydrogen-bond acceptors (Lipinski definition) is 2. The summed E-state index contributed by atoms with van der Waals surface area (Å²) >= 11 is 7.81. The predicted molar refractivity (Wildman–Crippen MR) is 95.5 cm³/mol. The number of nitrogens with zero attached hydrogens (tertiary/aromatic N) is 1. The maximum atomic E-state index is 12.6. The van der Waals surface area contributed by atoms with Crippen LogP contribution in [0.15, 0.2) is 48.5 Å². The van der Waals surface area contributed by atoms with Crippen LogP contribution >= 0.6 is 34.2 Å². The molecular formula is C17H10ClF3INO. The quantitative estimate of drug-likeness (QED) is 0.314. The Morgan fingerprint density at radius 1 is 1.17 bits per heavy atom. The molecule has 0 aliphatic carbocycles. The van der Waals surface area contributed by atoms with Gasteiger partial charge in [0.15, 0.2) is 6.61 Å². The Hall–Kier alpha value is -1.72. The Morgan fingerprint density at radius 3 is 2.50 bits per heavy atom. The fraction of sp³-hybridized carbons (Fsp3) is 0.118. The van der Waals surface area contributed by atoms with E-state index in [2.05, 4.69) is 0 Å². The van der Waals surface area contributed by atoms with Crippen LogP contribution in [0.1, 0.15) is 16.7 Å². The van der Waals surface area contributed by atoms with Gasteiger partial charge in [0.1, 0.15) is 5.76 Å². The van der Waals surface area contributed by atoms with Crippen LogP contribution in [0.4, 0.5) is 13.2 Å². The molecule has 7 heteroatoms. The molecule has 0 N–H and O–H groups in total. The van der Waals surface area contributed by atoms with Gasteiger partial charge in [-0.1, -0.05) is 41.9 Å². The van der Waals surface area contributed by atoms with E-state index < -0.39 is 12.8 Å². The van der Waals surface area contributed by atoms with Crippen LogP contribution in [-0.4, -0.2) is 12.8 Å². The van der Waals surface area contributed by atoms with Crippen LogP contribution in [0.5, 0.6) is 0 Å². The smallest absolute Gasteiger partial charge is 0.422 e. The molecule has 0 aliphatic rings. The van der Waals surface area contributed by atoms with Gasteiger partial charge in [0.2, 0.25) is 0 Å². The minimum Gasteiger partial charge on any atom is -0.482 e. The Balaban J connectivity index is 2.57. The lowest BCUT2D eigenvalue weighted by Crippen LogP contribution is -2.16. The Bertz CT molecular complexity index is 812. The minimum absolute atomic E-state index is 0.0260. The van der Waals surface area contributed by atoms with Crippen molar-refractivity contribution < 1.29 is 17.9 Å². The second-order valence-electron chi connectivity index (χ2n) is 4.71. The second-order valence-corrected chi connectivity index (χ2v) is 6.23. The molecular weight excluding hydrogens is 454 g/mol. The Morgan fingerprint density at radius 2 is 1.88 bits per heavy atom. The number of benzene rings is 2. The summed E-state index contributed by atoms with van der Waals surface area (Å²) in [4.78, 5) is 0. The van der Waals surface area contributed by atoms with Crippen LogP contribution in [0.2, 0.25) is 5.02 Å². The molecule has 0 aliphatic heterocycles. The zero-order chi connectivity index (χ0) is 17.7. The summed E-state index contributed by atoms with van der Waals surface area (Å²) in [5.41, 5.74) is 1.25. The lowest BCUT2D eigenvalue weighted by atomic mass is 10.1. The third-order valence-electron chi connectivity index (χ3n) is 2.95. The normalized spacial score (nSPS) is 12.3. The summed E-state index contributed by atoms with van der Waals surface area (Å²) in [5.74, 6) is 0.0260. The second kappa shape index (κ2) is 7.90. The van der Waals surface area contributed by atoms with Gasteiger partial charge in [0, 0.05) is 16.1 Å². The van der Waals surface area contributed by atoms with E-state index in [1.807, 2.05) is 28.7 Å². The standard InChI is InChI=1S/C17H10ClF3INO/c18-13-6-3-5-11(8-13)16(24-10-17(19,20)21)15(22)14-7-2-1-4-12(14)9-23/h1-8H,10H2. The third-order valence-corrected chi connectivity index (χ3v) is 4.26. The molecule has 24 heavy (non-hydrogen) atoms. The first-order valence-corrected chi connectivity index (χ1v) is 8.12. The lowest BCUT2D eigenvalue weighted by molar-refractivity contribution is -0.158. The molecule has 0 aromatic heterocycles. The molecule has 0 heterocycles. The van der Waals surface area contributed by atoms with Gasteiger partial charge in [-0.3, -0.25) is 0 Å². The van der Waals surface area contributed by atoms with Crippen molar-refractivity contribution in [1.29, 1.82) is 5.26 Å². The number of ether oxygens (including phenoxy) is 1. The van der Waals surface area contributed by atoms with E-state index >= 15 is 0 Å². The molecule has 2 aromatic rings. The number of halogens is 5. The van der Waals surface area contributed by atoms with E-state index in [0.29, 0.717) is 25.3 Å². The lowest BCUT2D eigenvalue weighted by Gasteiger charge is -2.16. The van der Waals surface area contributed by atoms with E-state index in [0.717, 1.165) is 0 Å². The van der Waals surface area contributed by atoms with E-state index in [1.165, 1.54) is 6.07 Å². The van der Waals surface area contributed by atoms with Gasteiger partial charge in [0.05, 0.1) is 15.2 Å². The predicted octanol–water partition coefficient (Wildman–Crippen LogP) is 6.05. The fourth-order valence-electron chi connectivity index (χ4n) is 1.95. The molecule has 0 saturated heterocycles. The number of rotatable bonds is 4. The van der Waals surface area contributed by atoms with E-state index in [-0.39, 0.29) is 5.76 Å². The maximum Gasteiger partial charge on any atom is 0.422 e. The molecule has 0 fully saturated rings. The SMILES string of the molecule is N#Cc1ccccc1C(I)=C(OCC(F)(F)F)c1cccc(Cl)c1.